The third kappa shape index (κ3) is 5.14. The van der Waals surface area contributed by atoms with Gasteiger partial charge in [-0.05, 0) is 61.9 Å². The van der Waals surface area contributed by atoms with E-state index in [9.17, 15) is 9.90 Å². The van der Waals surface area contributed by atoms with Gasteiger partial charge in [0, 0.05) is 28.4 Å². The van der Waals surface area contributed by atoms with Crippen molar-refractivity contribution in [3.63, 3.8) is 0 Å². The van der Waals surface area contributed by atoms with Crippen LogP contribution in [0.15, 0.2) is 95.4 Å². The minimum atomic E-state index is -1.01. The van der Waals surface area contributed by atoms with Crippen LogP contribution in [-0.2, 0) is 17.9 Å². The van der Waals surface area contributed by atoms with Crippen molar-refractivity contribution in [3.8, 4) is 28.7 Å². The van der Waals surface area contributed by atoms with E-state index in [-0.39, 0.29) is 6.61 Å². The van der Waals surface area contributed by atoms with Crippen molar-refractivity contribution in [2.24, 2.45) is 0 Å². The molecule has 2 aromatic heterocycles. The van der Waals surface area contributed by atoms with E-state index in [2.05, 4.69) is 15.6 Å². The van der Waals surface area contributed by atoms with E-state index in [4.69, 9.17) is 18.6 Å². The molecule has 1 N–H and O–H groups in total. The molecule has 4 aromatic carbocycles. The molecular weight excluding hydrogens is 532 g/mol. The van der Waals surface area contributed by atoms with Gasteiger partial charge < -0.3 is 28.3 Å². The summed E-state index contributed by atoms with van der Waals surface area (Å²) >= 11 is 0. The topological polar surface area (TPSA) is 96.0 Å². The van der Waals surface area contributed by atoms with Crippen molar-refractivity contribution in [2.45, 2.75) is 33.1 Å². The Bertz CT molecular complexity index is 1890. The molecule has 0 aliphatic rings. The highest BCUT2D eigenvalue weighted by Crippen LogP contribution is 2.37. The Labute approximate surface area is 242 Å². The molecule has 8 heteroatoms. The number of benzene rings is 4. The van der Waals surface area contributed by atoms with Crippen molar-refractivity contribution < 1.29 is 28.5 Å². The van der Waals surface area contributed by atoms with E-state index in [0.717, 1.165) is 38.6 Å². The third-order valence-corrected chi connectivity index (χ3v) is 7.26. The lowest BCUT2D eigenvalue weighted by molar-refractivity contribution is -0.144. The fourth-order valence-corrected chi connectivity index (χ4v) is 5.10. The highest BCUT2D eigenvalue weighted by Gasteiger charge is 2.19. The molecule has 0 radical (unpaired) electrons. The van der Waals surface area contributed by atoms with Gasteiger partial charge >= 0.3 is 5.97 Å². The van der Waals surface area contributed by atoms with Crippen LogP contribution in [0.3, 0.4) is 0 Å². The van der Waals surface area contributed by atoms with Gasteiger partial charge in [-0.25, -0.2) is 9.78 Å². The maximum atomic E-state index is 11.5. The highest BCUT2D eigenvalue weighted by molar-refractivity contribution is 6.11. The predicted octanol–water partition coefficient (Wildman–Crippen LogP) is 7.25. The number of aliphatic carboxylic acids is 1. The molecule has 0 amide bonds. The van der Waals surface area contributed by atoms with Crippen LogP contribution in [0.1, 0.15) is 23.9 Å². The lowest BCUT2D eigenvalue weighted by Crippen LogP contribution is -2.22. The standard InChI is InChI=1S/C34H30N2O6/c1-21-26(35-33(42-21)24-10-5-4-6-11-24)20-40-29-17-16-23(18-31(29)39-3)19-36-27-13-8-7-12-25(27)32-28(36)14-9-15-30(32)41-22(2)34(37)38/h4-18,22H,19-20H2,1-3H3,(H,37,38). The zero-order valence-electron chi connectivity index (χ0n) is 23.5. The molecule has 0 spiro atoms. The van der Waals surface area contributed by atoms with Gasteiger partial charge in [-0.1, -0.05) is 48.5 Å². The molecule has 212 valence electrons. The Balaban J connectivity index is 1.28. The quantitative estimate of drug-likeness (QED) is 0.188. The van der Waals surface area contributed by atoms with Crippen molar-refractivity contribution in [3.05, 3.63) is 108 Å². The van der Waals surface area contributed by atoms with Crippen LogP contribution in [0.5, 0.6) is 17.2 Å². The number of aryl methyl sites for hydroxylation is 1. The van der Waals surface area contributed by atoms with Gasteiger partial charge in [0.1, 0.15) is 23.8 Å². The van der Waals surface area contributed by atoms with Gasteiger partial charge in [0.25, 0.3) is 0 Å². The van der Waals surface area contributed by atoms with Crippen LogP contribution in [0.2, 0.25) is 0 Å². The smallest absolute Gasteiger partial charge is 0.344 e. The van der Waals surface area contributed by atoms with Gasteiger partial charge in [-0.2, -0.15) is 0 Å². The number of fused-ring (bicyclic) bond motifs is 3. The first-order chi connectivity index (χ1) is 20.4. The van der Waals surface area contributed by atoms with E-state index < -0.39 is 12.1 Å². The number of carboxylic acids is 1. The number of ether oxygens (including phenoxy) is 3. The first-order valence-corrected chi connectivity index (χ1v) is 13.6. The molecule has 0 saturated heterocycles. The Kier molecular flexibility index (Phi) is 7.27. The second kappa shape index (κ2) is 11.3. The minimum Gasteiger partial charge on any atom is -0.493 e. The van der Waals surface area contributed by atoms with E-state index in [1.807, 2.05) is 91.9 Å². The summed E-state index contributed by atoms with van der Waals surface area (Å²) in [6, 6.07) is 29.4. The molecule has 6 rings (SSSR count). The van der Waals surface area contributed by atoms with Gasteiger partial charge in [-0.3, -0.25) is 0 Å². The first-order valence-electron chi connectivity index (χ1n) is 13.6. The first kappa shape index (κ1) is 27.0. The van der Waals surface area contributed by atoms with Crippen LogP contribution in [0.4, 0.5) is 0 Å². The van der Waals surface area contributed by atoms with Crippen LogP contribution in [0.25, 0.3) is 33.3 Å². The number of nitrogens with zero attached hydrogens (tertiary/aromatic N) is 2. The summed E-state index contributed by atoms with van der Waals surface area (Å²) < 4.78 is 25.8. The number of methoxy groups -OCH3 is 1. The van der Waals surface area contributed by atoms with E-state index in [1.165, 1.54) is 6.92 Å². The van der Waals surface area contributed by atoms with E-state index >= 15 is 0 Å². The number of rotatable bonds is 10. The number of para-hydroxylation sites is 1. The molecule has 2 heterocycles. The third-order valence-electron chi connectivity index (χ3n) is 7.26. The summed E-state index contributed by atoms with van der Waals surface area (Å²) in [5, 5.41) is 11.3. The Hall–Kier alpha value is -5.24. The molecule has 0 aliphatic carbocycles. The number of aromatic nitrogens is 2. The summed E-state index contributed by atoms with van der Waals surface area (Å²) in [4.78, 5) is 16.1. The van der Waals surface area contributed by atoms with E-state index in [1.54, 1.807) is 7.11 Å². The highest BCUT2D eigenvalue weighted by atomic mass is 16.5. The Morgan fingerprint density at radius 3 is 2.48 bits per heavy atom. The zero-order valence-corrected chi connectivity index (χ0v) is 23.5. The zero-order chi connectivity index (χ0) is 29.2. The molecule has 0 bridgehead atoms. The molecule has 0 aliphatic heterocycles. The van der Waals surface area contributed by atoms with Crippen molar-refractivity contribution in [1.29, 1.82) is 0 Å². The van der Waals surface area contributed by atoms with Gasteiger partial charge in [0.15, 0.2) is 17.6 Å². The van der Waals surface area contributed by atoms with Crippen LogP contribution in [-0.4, -0.2) is 33.8 Å². The van der Waals surface area contributed by atoms with Crippen molar-refractivity contribution in [1.82, 2.24) is 9.55 Å². The number of oxazole rings is 1. The fraction of sp³-hybridized carbons (Fsp3) is 0.176. The predicted molar refractivity (Wildman–Crippen MR) is 160 cm³/mol. The summed E-state index contributed by atoms with van der Waals surface area (Å²) in [6.07, 6.45) is -0.972. The Morgan fingerprint density at radius 1 is 0.929 bits per heavy atom. The maximum absolute atomic E-state index is 11.5. The number of carbonyl (C=O) groups is 1. The van der Waals surface area contributed by atoms with Gasteiger partial charge in [-0.15, -0.1) is 0 Å². The lowest BCUT2D eigenvalue weighted by Gasteiger charge is -2.14. The lowest BCUT2D eigenvalue weighted by atomic mass is 10.1. The number of carboxylic acid groups (broad SMARTS) is 1. The molecule has 1 unspecified atom stereocenters. The number of hydrogen-bond acceptors (Lipinski definition) is 6. The molecule has 6 aromatic rings. The van der Waals surface area contributed by atoms with Crippen LogP contribution in [0, 0.1) is 6.92 Å². The minimum absolute atomic E-state index is 0.238. The second-order valence-corrected chi connectivity index (χ2v) is 10.0. The largest absolute Gasteiger partial charge is 0.493 e. The molecule has 0 fully saturated rings. The summed E-state index contributed by atoms with van der Waals surface area (Å²) in [7, 11) is 1.62. The van der Waals surface area contributed by atoms with Crippen LogP contribution < -0.4 is 14.2 Å². The van der Waals surface area contributed by atoms with Crippen LogP contribution >= 0.6 is 0 Å². The molecule has 8 nitrogen and oxygen atoms in total. The number of hydrogen-bond donors (Lipinski definition) is 1. The molecule has 1 atom stereocenters. The maximum Gasteiger partial charge on any atom is 0.344 e. The molecule has 0 saturated carbocycles. The normalized spacial score (nSPS) is 12.0. The summed E-state index contributed by atoms with van der Waals surface area (Å²) in [5.41, 5.74) is 4.60. The average molecular weight is 563 g/mol. The van der Waals surface area contributed by atoms with Crippen molar-refractivity contribution >= 4 is 27.8 Å². The van der Waals surface area contributed by atoms with Gasteiger partial charge in [0.05, 0.1) is 12.6 Å². The average Bonchev–Trinajstić information content (AvgIpc) is 3.54. The summed E-state index contributed by atoms with van der Waals surface area (Å²) in [6.45, 7) is 4.20. The fourth-order valence-electron chi connectivity index (χ4n) is 5.10. The monoisotopic (exact) mass is 562 g/mol. The summed E-state index contributed by atoms with van der Waals surface area (Å²) in [5.74, 6) is 2.00. The SMILES string of the molecule is COc1cc(Cn2c3ccccc3c3c(OC(C)C(=O)O)cccc32)ccc1OCc1nc(-c2ccccc2)oc1C. The Morgan fingerprint density at radius 2 is 1.69 bits per heavy atom. The van der Waals surface area contributed by atoms with E-state index in [0.29, 0.717) is 35.4 Å². The molecular formula is C34H30N2O6. The van der Waals surface area contributed by atoms with Crippen molar-refractivity contribution in [2.75, 3.05) is 7.11 Å². The molecule has 42 heavy (non-hydrogen) atoms. The van der Waals surface area contributed by atoms with Gasteiger partial charge in [0.2, 0.25) is 5.89 Å². The second-order valence-electron chi connectivity index (χ2n) is 10.0.